The third-order valence-corrected chi connectivity index (χ3v) is 3.58. The monoisotopic (exact) mass is 295 g/mol. The number of rotatable bonds is 3. The van der Waals surface area contributed by atoms with E-state index in [2.05, 4.69) is 0 Å². The predicted molar refractivity (Wildman–Crippen MR) is 69.5 cm³/mol. The fourth-order valence-electron chi connectivity index (χ4n) is 2.25. The molecule has 0 aliphatic heterocycles. The van der Waals surface area contributed by atoms with Crippen LogP contribution in [0.25, 0.3) is 0 Å². The second kappa shape index (κ2) is 6.01. The molecule has 1 aromatic rings. The topological polar surface area (TPSA) is 35.2 Å². The van der Waals surface area contributed by atoms with Gasteiger partial charge in [-0.05, 0) is 36.5 Å². The van der Waals surface area contributed by atoms with Gasteiger partial charge in [0.15, 0.2) is 0 Å². The lowest BCUT2D eigenvalue weighted by molar-refractivity contribution is -0.138. The Morgan fingerprint density at radius 1 is 1.32 bits per heavy atom. The molecule has 1 atom stereocenters. The normalized spacial score (nSPS) is 17.3. The molecule has 1 saturated carbocycles. The van der Waals surface area contributed by atoms with Crippen molar-refractivity contribution in [3.05, 3.63) is 29.3 Å². The van der Waals surface area contributed by atoms with Gasteiger partial charge in [0.1, 0.15) is 5.75 Å². The summed E-state index contributed by atoms with van der Waals surface area (Å²) in [5, 5.41) is 0. The lowest BCUT2D eigenvalue weighted by Gasteiger charge is -2.32. The van der Waals surface area contributed by atoms with Gasteiger partial charge < -0.3 is 10.5 Å². The largest absolute Gasteiger partial charge is 0.497 e. The van der Waals surface area contributed by atoms with Crippen LogP contribution in [0.15, 0.2) is 18.2 Å². The summed E-state index contributed by atoms with van der Waals surface area (Å²) in [6, 6.07) is 3.45. The molecule has 0 spiro atoms. The molecule has 0 amide bonds. The van der Waals surface area contributed by atoms with Gasteiger partial charge in [0.2, 0.25) is 0 Å². The Bertz CT molecular complexity index is 432. The minimum atomic E-state index is -4.40. The molecule has 0 heterocycles. The highest BCUT2D eigenvalue weighted by atomic mass is 35.5. The molecule has 19 heavy (non-hydrogen) atoms. The van der Waals surface area contributed by atoms with Crippen LogP contribution in [0.2, 0.25) is 0 Å². The number of hydrogen-bond acceptors (Lipinski definition) is 2. The summed E-state index contributed by atoms with van der Waals surface area (Å²) < 4.78 is 43.8. The highest BCUT2D eigenvalue weighted by molar-refractivity contribution is 5.85. The van der Waals surface area contributed by atoms with Gasteiger partial charge >= 0.3 is 6.18 Å². The first kappa shape index (κ1) is 16.1. The Morgan fingerprint density at radius 2 is 1.95 bits per heavy atom. The summed E-state index contributed by atoms with van der Waals surface area (Å²) in [7, 11) is 1.35. The van der Waals surface area contributed by atoms with Crippen molar-refractivity contribution in [2.24, 2.45) is 11.7 Å². The summed E-state index contributed by atoms with van der Waals surface area (Å²) in [4.78, 5) is 0. The number of nitrogens with two attached hydrogens (primary N) is 1. The number of ether oxygens (including phenoxy) is 1. The molecular formula is C13H17ClF3NO. The maximum absolute atomic E-state index is 13.0. The Morgan fingerprint density at radius 3 is 2.37 bits per heavy atom. The van der Waals surface area contributed by atoms with E-state index in [1.54, 1.807) is 0 Å². The van der Waals surface area contributed by atoms with Crippen LogP contribution in [-0.2, 0) is 6.18 Å². The van der Waals surface area contributed by atoms with E-state index >= 15 is 0 Å². The van der Waals surface area contributed by atoms with Crippen LogP contribution in [0, 0.1) is 5.92 Å². The van der Waals surface area contributed by atoms with Crippen LogP contribution in [0.5, 0.6) is 5.75 Å². The van der Waals surface area contributed by atoms with Gasteiger partial charge in [0.25, 0.3) is 0 Å². The average molecular weight is 296 g/mol. The van der Waals surface area contributed by atoms with E-state index in [1.807, 2.05) is 0 Å². The first-order valence-corrected chi connectivity index (χ1v) is 5.94. The zero-order valence-corrected chi connectivity index (χ0v) is 11.4. The molecule has 108 valence electrons. The van der Waals surface area contributed by atoms with E-state index in [0.717, 1.165) is 25.3 Å². The van der Waals surface area contributed by atoms with Gasteiger partial charge in [-0.25, -0.2) is 0 Å². The van der Waals surface area contributed by atoms with Crippen molar-refractivity contribution < 1.29 is 17.9 Å². The van der Waals surface area contributed by atoms with Crippen molar-refractivity contribution in [3.8, 4) is 5.75 Å². The van der Waals surface area contributed by atoms with Crippen LogP contribution < -0.4 is 10.5 Å². The van der Waals surface area contributed by atoms with Gasteiger partial charge in [-0.15, -0.1) is 12.4 Å². The molecule has 0 unspecified atom stereocenters. The molecule has 2 nitrogen and oxygen atoms in total. The summed E-state index contributed by atoms with van der Waals surface area (Å²) in [5.74, 6) is 0.367. The van der Waals surface area contributed by atoms with E-state index in [1.165, 1.54) is 19.2 Å². The molecule has 0 aromatic heterocycles. The zero-order valence-electron chi connectivity index (χ0n) is 10.5. The van der Waals surface area contributed by atoms with Crippen molar-refractivity contribution in [2.75, 3.05) is 7.11 Å². The number of benzene rings is 1. The summed E-state index contributed by atoms with van der Waals surface area (Å²) in [6.07, 6.45) is -1.53. The van der Waals surface area contributed by atoms with Gasteiger partial charge in [-0.2, -0.15) is 13.2 Å². The molecule has 6 heteroatoms. The third kappa shape index (κ3) is 3.34. The Kier molecular flexibility index (Phi) is 5.10. The Hall–Kier alpha value is -0.940. The third-order valence-electron chi connectivity index (χ3n) is 3.58. The van der Waals surface area contributed by atoms with E-state index < -0.39 is 17.8 Å². The maximum atomic E-state index is 13.0. The predicted octanol–water partition coefficient (Wildman–Crippen LogP) is 3.94. The first-order valence-electron chi connectivity index (χ1n) is 5.94. The van der Waals surface area contributed by atoms with Crippen molar-refractivity contribution in [1.82, 2.24) is 0 Å². The number of hydrogen-bond donors (Lipinski definition) is 1. The van der Waals surface area contributed by atoms with E-state index in [4.69, 9.17) is 10.5 Å². The fourth-order valence-corrected chi connectivity index (χ4v) is 2.25. The van der Waals surface area contributed by atoms with E-state index in [9.17, 15) is 13.2 Å². The summed E-state index contributed by atoms with van der Waals surface area (Å²) in [6.45, 7) is 0. The van der Waals surface area contributed by atoms with Crippen molar-refractivity contribution >= 4 is 12.4 Å². The quantitative estimate of drug-likeness (QED) is 0.917. The highest BCUT2D eigenvalue weighted by Crippen LogP contribution is 2.42. The molecule has 1 aliphatic carbocycles. The van der Waals surface area contributed by atoms with Crippen LogP contribution in [0.1, 0.15) is 36.4 Å². The smallest absolute Gasteiger partial charge is 0.416 e. The van der Waals surface area contributed by atoms with Crippen molar-refractivity contribution in [2.45, 2.75) is 31.5 Å². The van der Waals surface area contributed by atoms with Gasteiger partial charge in [-0.3, -0.25) is 0 Å². The van der Waals surface area contributed by atoms with Crippen LogP contribution in [-0.4, -0.2) is 7.11 Å². The molecular weight excluding hydrogens is 279 g/mol. The second-order valence-corrected chi connectivity index (χ2v) is 4.67. The maximum Gasteiger partial charge on any atom is 0.416 e. The minimum Gasteiger partial charge on any atom is -0.497 e. The molecule has 1 aromatic carbocycles. The standard InChI is InChI=1S/C13H16F3NO.ClH/c1-18-9-5-6-10(11(7-9)13(14,15)16)12(17)8-3-2-4-8;/h5-8,12H,2-4,17H2,1H3;1H/t12-;/m0./s1. The van der Waals surface area contributed by atoms with E-state index in [-0.39, 0.29) is 29.6 Å². The van der Waals surface area contributed by atoms with E-state index in [0.29, 0.717) is 0 Å². The number of halogens is 4. The molecule has 2 rings (SSSR count). The highest BCUT2D eigenvalue weighted by Gasteiger charge is 2.37. The minimum absolute atomic E-state index is 0. The molecule has 0 radical (unpaired) electrons. The number of methoxy groups -OCH3 is 1. The van der Waals surface area contributed by atoms with Crippen molar-refractivity contribution in [3.63, 3.8) is 0 Å². The van der Waals surface area contributed by atoms with Crippen LogP contribution >= 0.6 is 12.4 Å². The molecule has 1 aliphatic rings. The average Bonchev–Trinajstić information content (AvgIpc) is 2.24. The molecule has 0 saturated heterocycles. The number of alkyl halides is 3. The lowest BCUT2D eigenvalue weighted by atomic mass is 9.76. The molecule has 1 fully saturated rings. The first-order chi connectivity index (χ1) is 8.43. The van der Waals surface area contributed by atoms with Gasteiger partial charge in [0, 0.05) is 6.04 Å². The van der Waals surface area contributed by atoms with Gasteiger partial charge in [0.05, 0.1) is 12.7 Å². The Labute approximate surface area is 116 Å². The molecule has 0 bridgehead atoms. The van der Waals surface area contributed by atoms with Gasteiger partial charge in [-0.1, -0.05) is 12.5 Å². The van der Waals surface area contributed by atoms with Crippen LogP contribution in [0.3, 0.4) is 0 Å². The second-order valence-electron chi connectivity index (χ2n) is 4.67. The fraction of sp³-hybridized carbons (Fsp3) is 0.538. The zero-order chi connectivity index (χ0) is 13.3. The summed E-state index contributed by atoms with van der Waals surface area (Å²) in [5.41, 5.74) is 5.44. The molecule has 2 N–H and O–H groups in total. The Balaban J connectivity index is 0.00000180. The van der Waals surface area contributed by atoms with Crippen molar-refractivity contribution in [1.29, 1.82) is 0 Å². The lowest BCUT2D eigenvalue weighted by Crippen LogP contribution is -2.29. The summed E-state index contributed by atoms with van der Waals surface area (Å²) >= 11 is 0. The SMILES string of the molecule is COc1ccc([C@@H](N)C2CCC2)c(C(F)(F)F)c1.Cl. The van der Waals surface area contributed by atoms with Crippen LogP contribution in [0.4, 0.5) is 13.2 Å².